The van der Waals surface area contributed by atoms with Crippen molar-refractivity contribution in [2.45, 2.75) is 26.2 Å². The van der Waals surface area contributed by atoms with Crippen molar-refractivity contribution >= 4 is 39.2 Å². The predicted octanol–water partition coefficient (Wildman–Crippen LogP) is 3.87. The zero-order valence-electron chi connectivity index (χ0n) is 13.5. The van der Waals surface area contributed by atoms with E-state index in [1.807, 2.05) is 12.1 Å². The van der Waals surface area contributed by atoms with Crippen LogP contribution in [0.5, 0.6) is 0 Å². The van der Waals surface area contributed by atoms with E-state index in [-0.39, 0.29) is 16.2 Å². The van der Waals surface area contributed by atoms with Crippen LogP contribution in [0.1, 0.15) is 46.4 Å². The Morgan fingerprint density at radius 2 is 1.88 bits per heavy atom. The molecule has 0 unspecified atom stereocenters. The standard InChI is InChI=1S/C17H17N3O3S/c1-17(2,3)10-6-4-9(5-7-10)15(21)18-14-13-11(19-20-14)8-12(24-13)16(22)23/h4-8H,1-3H3,(H,22,23)(H2,18,19,20,21). The minimum Gasteiger partial charge on any atom is -0.477 e. The van der Waals surface area contributed by atoms with Crippen molar-refractivity contribution in [3.05, 3.63) is 46.3 Å². The Morgan fingerprint density at radius 1 is 1.21 bits per heavy atom. The zero-order chi connectivity index (χ0) is 17.5. The molecule has 0 bridgehead atoms. The van der Waals surface area contributed by atoms with Crippen LogP contribution in [0.4, 0.5) is 5.82 Å². The lowest BCUT2D eigenvalue weighted by atomic mass is 9.87. The SMILES string of the molecule is CC(C)(C)c1ccc(C(=O)Nc2n[nH]c3cc(C(=O)O)sc23)cc1. The van der Waals surface area contributed by atoms with E-state index in [2.05, 4.69) is 36.3 Å². The molecular formula is C17H17N3O3S. The lowest BCUT2D eigenvalue weighted by molar-refractivity contribution is 0.0702. The molecule has 3 rings (SSSR count). The van der Waals surface area contributed by atoms with Gasteiger partial charge in [-0.3, -0.25) is 9.89 Å². The van der Waals surface area contributed by atoms with Crippen molar-refractivity contribution in [3.8, 4) is 0 Å². The summed E-state index contributed by atoms with van der Waals surface area (Å²) in [7, 11) is 0. The number of carboxylic acid groups (broad SMARTS) is 1. The highest BCUT2D eigenvalue weighted by Crippen LogP contribution is 2.30. The fraction of sp³-hybridized carbons (Fsp3) is 0.235. The first-order valence-electron chi connectivity index (χ1n) is 7.39. The van der Waals surface area contributed by atoms with E-state index < -0.39 is 5.97 Å². The Labute approximate surface area is 142 Å². The summed E-state index contributed by atoms with van der Waals surface area (Å²) >= 11 is 1.07. The number of carbonyl (C=O) groups excluding carboxylic acids is 1. The molecule has 0 spiro atoms. The number of rotatable bonds is 3. The Hall–Kier alpha value is -2.67. The summed E-state index contributed by atoms with van der Waals surface area (Å²) in [5, 5.41) is 18.5. The maximum Gasteiger partial charge on any atom is 0.345 e. The molecule has 0 fully saturated rings. The minimum atomic E-state index is -1.00. The van der Waals surface area contributed by atoms with Crippen LogP contribution in [-0.2, 0) is 5.41 Å². The Kier molecular flexibility index (Phi) is 3.88. The topological polar surface area (TPSA) is 95.1 Å². The highest BCUT2D eigenvalue weighted by atomic mass is 32.1. The van der Waals surface area contributed by atoms with Crippen LogP contribution in [0.25, 0.3) is 10.2 Å². The normalized spacial score (nSPS) is 11.6. The van der Waals surface area contributed by atoms with E-state index in [1.54, 1.807) is 12.1 Å². The highest BCUT2D eigenvalue weighted by molar-refractivity contribution is 7.21. The number of nitrogens with one attached hydrogen (secondary N) is 2. The molecule has 2 heterocycles. The molecule has 7 heteroatoms. The number of hydrogen-bond donors (Lipinski definition) is 3. The van der Waals surface area contributed by atoms with Gasteiger partial charge >= 0.3 is 5.97 Å². The number of amides is 1. The van der Waals surface area contributed by atoms with E-state index in [9.17, 15) is 9.59 Å². The van der Waals surface area contributed by atoms with E-state index in [0.717, 1.165) is 16.9 Å². The Morgan fingerprint density at radius 3 is 2.46 bits per heavy atom. The number of aromatic nitrogens is 2. The van der Waals surface area contributed by atoms with Gasteiger partial charge < -0.3 is 10.4 Å². The van der Waals surface area contributed by atoms with Gasteiger partial charge in [0.2, 0.25) is 0 Å². The fourth-order valence-electron chi connectivity index (χ4n) is 2.31. The number of anilines is 1. The maximum atomic E-state index is 12.4. The minimum absolute atomic E-state index is 0.0214. The lowest BCUT2D eigenvalue weighted by Gasteiger charge is -2.18. The van der Waals surface area contributed by atoms with E-state index in [1.165, 1.54) is 6.07 Å². The number of hydrogen-bond acceptors (Lipinski definition) is 4. The predicted molar refractivity (Wildman–Crippen MR) is 94.0 cm³/mol. The van der Waals surface area contributed by atoms with Gasteiger partial charge in [-0.15, -0.1) is 11.3 Å². The number of benzene rings is 1. The fourth-order valence-corrected chi connectivity index (χ4v) is 3.20. The van der Waals surface area contributed by atoms with E-state index in [4.69, 9.17) is 5.11 Å². The first-order valence-corrected chi connectivity index (χ1v) is 8.20. The van der Waals surface area contributed by atoms with Crippen molar-refractivity contribution in [1.82, 2.24) is 10.2 Å². The van der Waals surface area contributed by atoms with Crippen LogP contribution in [0.15, 0.2) is 30.3 Å². The zero-order valence-corrected chi connectivity index (χ0v) is 14.3. The number of thiophene rings is 1. The third-order valence-corrected chi connectivity index (χ3v) is 4.82. The van der Waals surface area contributed by atoms with Crippen molar-refractivity contribution in [3.63, 3.8) is 0 Å². The monoisotopic (exact) mass is 343 g/mol. The smallest absolute Gasteiger partial charge is 0.345 e. The molecule has 2 aromatic heterocycles. The molecule has 6 nitrogen and oxygen atoms in total. The molecule has 0 aliphatic rings. The van der Waals surface area contributed by atoms with Crippen LogP contribution in [0.2, 0.25) is 0 Å². The van der Waals surface area contributed by atoms with E-state index in [0.29, 0.717) is 21.6 Å². The third-order valence-electron chi connectivity index (χ3n) is 3.69. The molecule has 0 saturated carbocycles. The molecule has 124 valence electrons. The van der Waals surface area contributed by atoms with Gasteiger partial charge in [-0.05, 0) is 29.2 Å². The summed E-state index contributed by atoms with van der Waals surface area (Å²) < 4.78 is 0.618. The van der Waals surface area contributed by atoms with Crippen LogP contribution >= 0.6 is 11.3 Å². The lowest BCUT2D eigenvalue weighted by Crippen LogP contribution is -2.14. The summed E-state index contributed by atoms with van der Waals surface area (Å²) in [5.74, 6) is -0.943. The first-order chi connectivity index (χ1) is 11.3. The average Bonchev–Trinajstić information content (AvgIpc) is 3.08. The molecule has 0 atom stereocenters. The second-order valence-electron chi connectivity index (χ2n) is 6.51. The number of aromatic carboxylic acids is 1. The Balaban J connectivity index is 1.83. The summed E-state index contributed by atoms with van der Waals surface area (Å²) in [4.78, 5) is 23.6. The second-order valence-corrected chi connectivity index (χ2v) is 7.56. The molecule has 0 saturated heterocycles. The number of fused-ring (bicyclic) bond motifs is 1. The molecule has 0 radical (unpaired) electrons. The maximum absolute atomic E-state index is 12.4. The Bertz CT molecular complexity index is 917. The van der Waals surface area contributed by atoms with E-state index >= 15 is 0 Å². The summed E-state index contributed by atoms with van der Waals surface area (Å²) in [5.41, 5.74) is 2.28. The summed E-state index contributed by atoms with van der Waals surface area (Å²) in [6.07, 6.45) is 0. The number of carbonyl (C=O) groups is 2. The van der Waals surface area contributed by atoms with Gasteiger partial charge in [0.15, 0.2) is 5.82 Å². The highest BCUT2D eigenvalue weighted by Gasteiger charge is 2.18. The molecule has 24 heavy (non-hydrogen) atoms. The summed E-state index contributed by atoms with van der Waals surface area (Å²) in [6, 6.07) is 8.92. The van der Waals surface area contributed by atoms with Gasteiger partial charge in [-0.25, -0.2) is 4.79 Å². The number of H-pyrrole nitrogens is 1. The molecular weight excluding hydrogens is 326 g/mol. The average molecular weight is 343 g/mol. The van der Waals surface area contributed by atoms with Gasteiger partial charge in [-0.2, -0.15) is 5.10 Å². The second kappa shape index (κ2) is 5.76. The van der Waals surface area contributed by atoms with Crippen LogP contribution in [0.3, 0.4) is 0 Å². The van der Waals surface area contributed by atoms with Crippen LogP contribution in [0, 0.1) is 0 Å². The molecule has 1 aromatic carbocycles. The number of aromatic amines is 1. The van der Waals surface area contributed by atoms with Crippen LogP contribution in [-0.4, -0.2) is 27.2 Å². The van der Waals surface area contributed by atoms with Gasteiger partial charge in [-0.1, -0.05) is 32.9 Å². The first kappa shape index (κ1) is 16.2. The van der Waals surface area contributed by atoms with Crippen molar-refractivity contribution in [2.75, 3.05) is 5.32 Å². The van der Waals surface area contributed by atoms with Crippen LogP contribution < -0.4 is 5.32 Å². The van der Waals surface area contributed by atoms with Crippen molar-refractivity contribution in [1.29, 1.82) is 0 Å². The largest absolute Gasteiger partial charge is 0.477 e. The van der Waals surface area contributed by atoms with Gasteiger partial charge in [0.25, 0.3) is 5.91 Å². The number of nitrogens with zero attached hydrogens (tertiary/aromatic N) is 1. The molecule has 3 N–H and O–H groups in total. The van der Waals surface area contributed by atoms with Gasteiger partial charge in [0, 0.05) is 5.56 Å². The van der Waals surface area contributed by atoms with Crippen molar-refractivity contribution < 1.29 is 14.7 Å². The quantitative estimate of drug-likeness (QED) is 0.672. The molecule has 0 aliphatic heterocycles. The molecule has 3 aromatic rings. The number of carboxylic acids is 1. The summed E-state index contributed by atoms with van der Waals surface area (Å²) in [6.45, 7) is 6.33. The van der Waals surface area contributed by atoms with Gasteiger partial charge in [0.05, 0.1) is 10.2 Å². The molecule has 1 amide bonds. The van der Waals surface area contributed by atoms with Gasteiger partial charge in [0.1, 0.15) is 4.88 Å². The molecule has 0 aliphatic carbocycles. The van der Waals surface area contributed by atoms with Crippen molar-refractivity contribution in [2.24, 2.45) is 0 Å². The third kappa shape index (κ3) is 3.03.